The molecule has 0 spiro atoms. The highest BCUT2D eigenvalue weighted by Gasteiger charge is 2.58. The van der Waals surface area contributed by atoms with Crippen molar-refractivity contribution in [2.45, 2.75) is 30.1 Å². The van der Waals surface area contributed by atoms with Crippen LogP contribution in [0.3, 0.4) is 0 Å². The van der Waals surface area contributed by atoms with Crippen molar-refractivity contribution >= 4 is 9.84 Å². The highest BCUT2D eigenvalue weighted by Crippen LogP contribution is 2.40. The number of nitrogens with zero attached hydrogens (tertiary/aromatic N) is 2. The van der Waals surface area contributed by atoms with E-state index in [0.29, 0.717) is 12.3 Å². The van der Waals surface area contributed by atoms with Crippen molar-refractivity contribution < 1.29 is 53.0 Å². The second-order valence-electron chi connectivity index (χ2n) is 6.16. The average Bonchev–Trinajstić information content (AvgIpc) is 2.70. The summed E-state index contributed by atoms with van der Waals surface area (Å²) in [6.07, 6.45) is -10.1. The molecule has 0 unspecified atom stereocenters. The van der Waals surface area contributed by atoms with Crippen molar-refractivity contribution in [3.8, 4) is 23.0 Å². The van der Waals surface area contributed by atoms with Crippen LogP contribution in [0.25, 0.3) is 11.4 Å². The van der Waals surface area contributed by atoms with Crippen LogP contribution in [-0.4, -0.2) is 50.0 Å². The third-order valence-electron chi connectivity index (χ3n) is 3.98. The Morgan fingerprint density at radius 2 is 1.66 bits per heavy atom. The maximum atomic E-state index is 13.3. The molecule has 0 aliphatic heterocycles. The molecule has 2 aromatic rings. The van der Waals surface area contributed by atoms with Gasteiger partial charge in [-0.05, 0) is 18.2 Å². The van der Waals surface area contributed by atoms with Crippen LogP contribution in [0.15, 0.2) is 29.3 Å². The first-order chi connectivity index (χ1) is 14.5. The summed E-state index contributed by atoms with van der Waals surface area (Å²) in [4.78, 5) is 6.45. The zero-order valence-corrected chi connectivity index (χ0v) is 17.0. The maximum absolute atomic E-state index is 13.3. The Labute approximate surface area is 176 Å². The van der Waals surface area contributed by atoms with Crippen molar-refractivity contribution in [1.82, 2.24) is 9.97 Å². The number of pyridine rings is 2. The van der Waals surface area contributed by atoms with Gasteiger partial charge in [0.2, 0.25) is 5.88 Å². The second kappa shape index (κ2) is 8.67. The molecule has 6 nitrogen and oxygen atoms in total. The molecule has 0 amide bonds. The van der Waals surface area contributed by atoms with Crippen LogP contribution in [0, 0.1) is 0 Å². The number of alkyl halides is 8. The minimum absolute atomic E-state index is 0.320. The highest BCUT2D eigenvalue weighted by molar-refractivity contribution is 7.91. The fraction of sp³-hybridized carbons (Fsp3) is 0.412. The fourth-order valence-electron chi connectivity index (χ4n) is 2.27. The Morgan fingerprint density at radius 1 is 1.03 bits per heavy atom. The average molecular weight is 494 g/mol. The Balaban J connectivity index is 2.51. The van der Waals surface area contributed by atoms with E-state index in [1.807, 2.05) is 0 Å². The summed E-state index contributed by atoms with van der Waals surface area (Å²) in [6.45, 7) is -0.860. The lowest BCUT2D eigenvalue weighted by molar-refractivity contribution is -0.290. The number of ether oxygens (including phenoxy) is 2. The molecule has 0 fully saturated rings. The number of aromatic nitrogens is 2. The smallest absolute Gasteiger partial charge is 0.456 e. The predicted octanol–water partition coefficient (Wildman–Crippen LogP) is 4.54. The van der Waals surface area contributed by atoms with Crippen LogP contribution in [0.5, 0.6) is 11.6 Å². The molecule has 0 N–H and O–H groups in total. The molecule has 2 heterocycles. The van der Waals surface area contributed by atoms with Gasteiger partial charge in [-0.15, -0.1) is 0 Å². The lowest BCUT2D eigenvalue weighted by Gasteiger charge is -2.19. The molecule has 2 rings (SSSR count). The van der Waals surface area contributed by atoms with Crippen LogP contribution in [0.1, 0.15) is 12.5 Å². The van der Waals surface area contributed by atoms with Gasteiger partial charge in [0, 0.05) is 0 Å². The third kappa shape index (κ3) is 5.37. The Hall–Kier alpha value is -2.71. The molecule has 2 aromatic heterocycles. The van der Waals surface area contributed by atoms with Crippen molar-refractivity contribution in [3.05, 3.63) is 30.0 Å². The van der Waals surface area contributed by atoms with Crippen LogP contribution in [0.4, 0.5) is 35.1 Å². The Morgan fingerprint density at radius 3 is 2.09 bits per heavy atom. The zero-order chi connectivity index (χ0) is 24.5. The summed E-state index contributed by atoms with van der Waals surface area (Å²) < 4.78 is 136. The van der Waals surface area contributed by atoms with E-state index >= 15 is 0 Å². The summed E-state index contributed by atoms with van der Waals surface area (Å²) in [7, 11) is -3.38. The van der Waals surface area contributed by atoms with Crippen LogP contribution in [-0.2, 0) is 16.0 Å². The SMILES string of the molecule is CCS(=O)(=O)c1cc(C(F)(F)F)c(OC)nc1-c1ccc(OCC(F)(F)C(F)(F)F)cn1. The lowest BCUT2D eigenvalue weighted by atomic mass is 10.2. The summed E-state index contributed by atoms with van der Waals surface area (Å²) in [5.74, 6) is -7.21. The van der Waals surface area contributed by atoms with Crippen molar-refractivity contribution in [3.63, 3.8) is 0 Å². The van der Waals surface area contributed by atoms with Gasteiger partial charge in [0.1, 0.15) is 17.0 Å². The summed E-state index contributed by atoms with van der Waals surface area (Å²) in [6, 6.07) is 2.14. The third-order valence-corrected chi connectivity index (χ3v) is 5.72. The number of methoxy groups -OCH3 is 1. The minimum atomic E-state index is -5.84. The Bertz CT molecular complexity index is 1070. The molecule has 0 aromatic carbocycles. The van der Waals surface area contributed by atoms with E-state index in [9.17, 15) is 43.5 Å². The van der Waals surface area contributed by atoms with Crippen molar-refractivity contribution in [2.75, 3.05) is 19.5 Å². The van der Waals surface area contributed by atoms with E-state index in [0.717, 1.165) is 19.2 Å². The van der Waals surface area contributed by atoms with Gasteiger partial charge in [-0.3, -0.25) is 4.98 Å². The number of hydrogen-bond acceptors (Lipinski definition) is 6. The molecule has 32 heavy (non-hydrogen) atoms. The molecule has 0 saturated heterocycles. The highest BCUT2D eigenvalue weighted by atomic mass is 32.2. The van der Waals surface area contributed by atoms with Crippen LogP contribution in [0.2, 0.25) is 0 Å². The molecule has 0 atom stereocenters. The molecule has 0 aliphatic carbocycles. The summed E-state index contributed by atoms with van der Waals surface area (Å²) >= 11 is 0. The molecular formula is C17H14F8N2O4S. The zero-order valence-electron chi connectivity index (χ0n) is 16.2. The van der Waals surface area contributed by atoms with Gasteiger partial charge in [0.15, 0.2) is 16.4 Å². The standard InChI is InChI=1S/C17H14F8N2O4S/c1-3-32(28,29)12-6-10(16(20,21)22)14(30-2)27-13(12)11-5-4-9(7-26-11)31-8-15(18,19)17(23,24)25/h4-7H,3,8H2,1-2H3. The lowest BCUT2D eigenvalue weighted by Crippen LogP contribution is -2.41. The van der Waals surface area contributed by atoms with Gasteiger partial charge in [0.05, 0.1) is 29.6 Å². The van der Waals surface area contributed by atoms with E-state index in [-0.39, 0.29) is 5.69 Å². The van der Waals surface area contributed by atoms with Crippen LogP contribution < -0.4 is 9.47 Å². The topological polar surface area (TPSA) is 78.4 Å². The quantitative estimate of drug-likeness (QED) is 0.526. The molecule has 0 aliphatic rings. The molecule has 178 valence electrons. The first kappa shape index (κ1) is 25.5. The monoisotopic (exact) mass is 494 g/mol. The van der Waals surface area contributed by atoms with Gasteiger partial charge in [-0.25, -0.2) is 13.4 Å². The summed E-state index contributed by atoms with van der Waals surface area (Å²) in [5.41, 5.74) is -2.31. The van der Waals surface area contributed by atoms with E-state index in [4.69, 9.17) is 0 Å². The largest absolute Gasteiger partial charge is 0.485 e. The second-order valence-corrected chi connectivity index (χ2v) is 8.41. The van der Waals surface area contributed by atoms with Gasteiger partial charge in [-0.2, -0.15) is 35.1 Å². The first-order valence-electron chi connectivity index (χ1n) is 8.46. The number of rotatable bonds is 7. The molecule has 15 heteroatoms. The molecule has 0 saturated carbocycles. The number of sulfone groups is 1. The number of hydrogen-bond donors (Lipinski definition) is 0. The molecule has 0 bridgehead atoms. The van der Waals surface area contributed by atoms with Gasteiger partial charge in [0.25, 0.3) is 0 Å². The minimum Gasteiger partial charge on any atom is -0.485 e. The van der Waals surface area contributed by atoms with E-state index in [1.165, 1.54) is 6.92 Å². The number of halogens is 8. The van der Waals surface area contributed by atoms with Crippen molar-refractivity contribution in [1.29, 1.82) is 0 Å². The van der Waals surface area contributed by atoms with E-state index < -0.39 is 68.3 Å². The molecular weight excluding hydrogens is 480 g/mol. The fourth-order valence-corrected chi connectivity index (χ4v) is 3.33. The van der Waals surface area contributed by atoms with E-state index in [2.05, 4.69) is 19.4 Å². The Kier molecular flexibility index (Phi) is 6.92. The van der Waals surface area contributed by atoms with Gasteiger partial charge < -0.3 is 9.47 Å². The van der Waals surface area contributed by atoms with Gasteiger partial charge in [-0.1, -0.05) is 6.92 Å². The molecule has 0 radical (unpaired) electrons. The van der Waals surface area contributed by atoms with E-state index in [1.54, 1.807) is 0 Å². The predicted molar refractivity (Wildman–Crippen MR) is 93.2 cm³/mol. The maximum Gasteiger partial charge on any atom is 0.456 e. The van der Waals surface area contributed by atoms with Crippen molar-refractivity contribution in [2.24, 2.45) is 0 Å². The van der Waals surface area contributed by atoms with Crippen LogP contribution >= 0.6 is 0 Å². The normalized spacial score (nSPS) is 13.2. The summed E-state index contributed by atoms with van der Waals surface area (Å²) in [5, 5.41) is 0. The van der Waals surface area contributed by atoms with Gasteiger partial charge >= 0.3 is 18.3 Å². The first-order valence-corrected chi connectivity index (χ1v) is 10.1.